The summed E-state index contributed by atoms with van der Waals surface area (Å²) in [4.78, 5) is 16.1. The molecule has 0 atom stereocenters. The lowest BCUT2D eigenvalue weighted by molar-refractivity contribution is 0.0981. The highest BCUT2D eigenvalue weighted by molar-refractivity contribution is 7.90. The van der Waals surface area contributed by atoms with Crippen molar-refractivity contribution in [2.45, 2.75) is 19.8 Å². The maximum absolute atomic E-state index is 11.8. The van der Waals surface area contributed by atoms with Crippen molar-refractivity contribution in [2.75, 3.05) is 5.75 Å². The minimum atomic E-state index is -3.57. The Morgan fingerprint density at radius 3 is 2.95 bits per heavy atom. The number of thiazole rings is 1. The molecule has 0 saturated heterocycles. The summed E-state index contributed by atoms with van der Waals surface area (Å²) in [5.74, 6) is -0.830. The van der Waals surface area contributed by atoms with E-state index in [2.05, 4.69) is 11.6 Å². The maximum atomic E-state index is 11.8. The van der Waals surface area contributed by atoms with Gasteiger partial charge in [-0.05, 0) is 25.3 Å². The van der Waals surface area contributed by atoms with Crippen LogP contribution >= 0.6 is 11.3 Å². The second-order valence-electron chi connectivity index (χ2n) is 4.59. The van der Waals surface area contributed by atoms with Gasteiger partial charge in [-0.3, -0.25) is 4.79 Å². The Kier molecular flexibility index (Phi) is 4.74. The van der Waals surface area contributed by atoms with E-state index in [9.17, 15) is 13.2 Å². The van der Waals surface area contributed by atoms with Crippen LogP contribution in [-0.2, 0) is 10.0 Å². The Labute approximate surface area is 128 Å². The van der Waals surface area contributed by atoms with Crippen LogP contribution in [0.3, 0.4) is 0 Å². The van der Waals surface area contributed by atoms with Crippen LogP contribution in [0.15, 0.2) is 35.8 Å². The summed E-state index contributed by atoms with van der Waals surface area (Å²) < 4.78 is 24.8. The molecule has 1 amide bonds. The number of aromatic nitrogens is 1. The zero-order valence-corrected chi connectivity index (χ0v) is 13.3. The molecule has 0 fully saturated rings. The van der Waals surface area contributed by atoms with Gasteiger partial charge in [-0.25, -0.2) is 18.1 Å². The van der Waals surface area contributed by atoms with Gasteiger partial charge in [0.15, 0.2) is 5.01 Å². The number of hydrogen-bond acceptors (Lipinski definition) is 5. The lowest BCUT2D eigenvalue weighted by atomic mass is 10.1. The molecular weight excluding hydrogens is 308 g/mol. The number of amides is 1. The molecule has 1 heterocycles. The first-order valence-corrected chi connectivity index (χ1v) is 8.98. The Morgan fingerprint density at radius 1 is 1.48 bits per heavy atom. The Bertz CT molecular complexity index is 727. The zero-order chi connectivity index (χ0) is 15.5. The topological polar surface area (TPSA) is 76.1 Å². The molecule has 0 aliphatic heterocycles. The van der Waals surface area contributed by atoms with E-state index in [0.29, 0.717) is 5.69 Å². The first kappa shape index (κ1) is 15.7. The van der Waals surface area contributed by atoms with Crippen LogP contribution in [0.1, 0.15) is 35.3 Å². The van der Waals surface area contributed by atoms with Gasteiger partial charge < -0.3 is 0 Å². The second-order valence-corrected chi connectivity index (χ2v) is 7.46. The molecule has 0 radical (unpaired) electrons. The van der Waals surface area contributed by atoms with E-state index in [1.165, 1.54) is 6.92 Å². The van der Waals surface area contributed by atoms with Crippen LogP contribution in [0.25, 0.3) is 5.57 Å². The molecule has 0 unspecified atom stereocenters. The molecule has 1 aromatic rings. The van der Waals surface area contributed by atoms with E-state index >= 15 is 0 Å². The van der Waals surface area contributed by atoms with Gasteiger partial charge in [-0.1, -0.05) is 30.4 Å². The van der Waals surface area contributed by atoms with Crippen molar-refractivity contribution in [3.63, 3.8) is 0 Å². The van der Waals surface area contributed by atoms with Crippen LogP contribution < -0.4 is 4.72 Å². The standard InChI is InChI=1S/C14H16N2O3S2/c1-3-21(18,19)16-13(17)14-15-12(9-20-14)11-6-4-5-10(2)7-8-11/h4,6,8-9H,2-3,5,7H2,1H3,(H,16,17). The normalized spacial score (nSPS) is 15.5. The third kappa shape index (κ3) is 4.12. The van der Waals surface area contributed by atoms with Crippen LogP contribution in [-0.4, -0.2) is 25.1 Å². The molecule has 1 aliphatic carbocycles. The fourth-order valence-electron chi connectivity index (χ4n) is 1.72. The minimum absolute atomic E-state index is 0.138. The van der Waals surface area contributed by atoms with E-state index in [0.717, 1.165) is 35.3 Å². The number of carbonyl (C=O) groups excluding carboxylic acids is 1. The average Bonchev–Trinajstić information content (AvgIpc) is 2.82. The molecule has 0 aromatic carbocycles. The van der Waals surface area contributed by atoms with E-state index in [4.69, 9.17) is 0 Å². The predicted octanol–water partition coefficient (Wildman–Crippen LogP) is 2.51. The predicted molar refractivity (Wildman–Crippen MR) is 84.5 cm³/mol. The molecule has 112 valence electrons. The highest BCUT2D eigenvalue weighted by Crippen LogP contribution is 2.24. The molecule has 1 aromatic heterocycles. The summed E-state index contributed by atoms with van der Waals surface area (Å²) in [5.41, 5.74) is 2.70. The average molecular weight is 324 g/mol. The van der Waals surface area contributed by atoms with Crippen molar-refractivity contribution in [3.8, 4) is 0 Å². The van der Waals surface area contributed by atoms with Crippen molar-refractivity contribution in [1.29, 1.82) is 0 Å². The maximum Gasteiger partial charge on any atom is 0.293 e. The number of hydrogen-bond donors (Lipinski definition) is 1. The number of nitrogens with one attached hydrogen (secondary N) is 1. The lowest BCUT2D eigenvalue weighted by Crippen LogP contribution is -2.31. The molecular formula is C14H16N2O3S2. The van der Waals surface area contributed by atoms with Gasteiger partial charge in [0.2, 0.25) is 10.0 Å². The number of carbonyl (C=O) groups is 1. The number of nitrogens with zero attached hydrogens (tertiary/aromatic N) is 1. The van der Waals surface area contributed by atoms with Gasteiger partial charge in [0.25, 0.3) is 5.91 Å². The third-order valence-electron chi connectivity index (χ3n) is 2.94. The number of rotatable bonds is 4. The molecule has 7 heteroatoms. The van der Waals surface area contributed by atoms with Crippen molar-refractivity contribution in [1.82, 2.24) is 9.71 Å². The van der Waals surface area contributed by atoms with Gasteiger partial charge in [0.1, 0.15) is 0 Å². The Balaban J connectivity index is 2.18. The summed E-state index contributed by atoms with van der Waals surface area (Å²) >= 11 is 1.13. The van der Waals surface area contributed by atoms with Gasteiger partial charge in [-0.15, -0.1) is 11.3 Å². The molecule has 0 saturated carbocycles. The van der Waals surface area contributed by atoms with Crippen molar-refractivity contribution < 1.29 is 13.2 Å². The van der Waals surface area contributed by atoms with Gasteiger partial charge in [0.05, 0.1) is 11.4 Å². The molecule has 1 N–H and O–H groups in total. The van der Waals surface area contributed by atoms with Crippen molar-refractivity contribution >= 4 is 32.8 Å². The van der Waals surface area contributed by atoms with Crippen LogP contribution in [0, 0.1) is 0 Å². The second kappa shape index (κ2) is 6.36. The van der Waals surface area contributed by atoms with E-state index in [1.54, 1.807) is 5.38 Å². The fourth-order valence-corrected chi connectivity index (χ4v) is 3.03. The Hall–Kier alpha value is -1.73. The quantitative estimate of drug-likeness (QED) is 0.863. The van der Waals surface area contributed by atoms with Crippen LogP contribution in [0.4, 0.5) is 0 Å². The summed E-state index contributed by atoms with van der Waals surface area (Å²) in [6.07, 6.45) is 7.54. The first-order chi connectivity index (χ1) is 9.91. The fraction of sp³-hybridized carbons (Fsp3) is 0.286. The van der Waals surface area contributed by atoms with E-state index < -0.39 is 15.9 Å². The molecule has 1 aliphatic rings. The van der Waals surface area contributed by atoms with Gasteiger partial charge >= 0.3 is 0 Å². The van der Waals surface area contributed by atoms with Crippen molar-refractivity contribution in [3.05, 3.63) is 46.5 Å². The van der Waals surface area contributed by atoms with E-state index in [1.807, 2.05) is 23.0 Å². The third-order valence-corrected chi connectivity index (χ3v) is 5.03. The monoisotopic (exact) mass is 324 g/mol. The number of sulfonamides is 1. The summed E-state index contributed by atoms with van der Waals surface area (Å²) in [6, 6.07) is 0. The molecule has 5 nitrogen and oxygen atoms in total. The SMILES string of the molecule is C=C1CC=CC(c2csc(C(=O)NS(=O)(=O)CC)n2)=CC1. The summed E-state index contributed by atoms with van der Waals surface area (Å²) in [5, 5.41) is 1.89. The Morgan fingerprint density at radius 2 is 2.24 bits per heavy atom. The summed E-state index contributed by atoms with van der Waals surface area (Å²) in [6.45, 7) is 5.41. The number of allylic oxidation sites excluding steroid dienone is 5. The molecule has 0 bridgehead atoms. The van der Waals surface area contributed by atoms with Gasteiger partial charge in [-0.2, -0.15) is 0 Å². The summed E-state index contributed by atoms with van der Waals surface area (Å²) in [7, 11) is -3.57. The minimum Gasteiger partial charge on any atom is -0.265 e. The first-order valence-electron chi connectivity index (χ1n) is 6.45. The smallest absolute Gasteiger partial charge is 0.265 e. The molecule has 2 rings (SSSR count). The zero-order valence-electron chi connectivity index (χ0n) is 11.6. The van der Waals surface area contributed by atoms with Crippen LogP contribution in [0.5, 0.6) is 0 Å². The van der Waals surface area contributed by atoms with E-state index in [-0.39, 0.29) is 10.8 Å². The lowest BCUT2D eigenvalue weighted by Gasteiger charge is -2.01. The highest BCUT2D eigenvalue weighted by Gasteiger charge is 2.18. The largest absolute Gasteiger partial charge is 0.293 e. The molecule has 21 heavy (non-hydrogen) atoms. The molecule has 0 spiro atoms. The highest BCUT2D eigenvalue weighted by atomic mass is 32.2. The van der Waals surface area contributed by atoms with Gasteiger partial charge in [0, 0.05) is 5.38 Å². The van der Waals surface area contributed by atoms with Crippen LogP contribution in [0.2, 0.25) is 0 Å². The van der Waals surface area contributed by atoms with Crippen molar-refractivity contribution in [2.24, 2.45) is 0 Å².